The fourth-order valence-corrected chi connectivity index (χ4v) is 3.78. The Morgan fingerprint density at radius 3 is 2.24 bits per heavy atom. The lowest BCUT2D eigenvalue weighted by atomic mass is 9.94. The van der Waals surface area contributed by atoms with Crippen molar-refractivity contribution in [1.82, 2.24) is 4.90 Å². The summed E-state index contributed by atoms with van der Waals surface area (Å²) in [7, 11) is 0. The second-order valence-corrected chi connectivity index (χ2v) is 6.90. The summed E-state index contributed by atoms with van der Waals surface area (Å²) < 4.78 is 0. The van der Waals surface area contributed by atoms with E-state index in [-0.39, 0.29) is 0 Å². The van der Waals surface area contributed by atoms with Gasteiger partial charge in [-0.1, -0.05) is 55.7 Å². The van der Waals surface area contributed by atoms with Crippen LogP contribution in [0.2, 0.25) is 0 Å². The first-order valence-corrected chi connectivity index (χ1v) is 9.33. The number of benzene rings is 2. The summed E-state index contributed by atoms with van der Waals surface area (Å²) in [4.78, 5) is 9.72. The first-order chi connectivity index (χ1) is 12.4. The topological polar surface area (TPSA) is 30.9 Å². The van der Waals surface area contributed by atoms with Crippen molar-refractivity contribution >= 4 is 17.3 Å². The zero-order chi connectivity index (χ0) is 16.9. The van der Waals surface area contributed by atoms with Crippen LogP contribution in [0.1, 0.15) is 32.1 Å². The molecule has 0 atom stereocenters. The van der Waals surface area contributed by atoms with Gasteiger partial charge >= 0.3 is 0 Å². The normalized spacial score (nSPS) is 19.5. The predicted molar refractivity (Wildman–Crippen MR) is 105 cm³/mol. The molecule has 0 bridgehead atoms. The van der Waals surface area contributed by atoms with E-state index in [1.54, 1.807) is 0 Å². The summed E-state index contributed by atoms with van der Waals surface area (Å²) in [5.41, 5.74) is 2.26. The van der Waals surface area contributed by atoms with Gasteiger partial charge < -0.3 is 5.32 Å². The standard InChI is InChI=1S/C21H26N4/c1-4-10-18(11-5-1)23-21-22-16-24(19-12-6-2-7-13-19)17-25(21)20-14-8-3-9-15-20/h1,3-5,8-11,14-15,19H,2,6-7,12-13,16-17H2,(H,22,23). The van der Waals surface area contributed by atoms with Gasteiger partial charge in [0.05, 0.1) is 13.3 Å². The van der Waals surface area contributed by atoms with Gasteiger partial charge in [0.2, 0.25) is 5.96 Å². The lowest BCUT2D eigenvalue weighted by Crippen LogP contribution is -2.52. The van der Waals surface area contributed by atoms with E-state index in [2.05, 4.69) is 57.6 Å². The first-order valence-electron chi connectivity index (χ1n) is 9.33. The zero-order valence-corrected chi connectivity index (χ0v) is 14.6. The van der Waals surface area contributed by atoms with Crippen molar-refractivity contribution in [2.24, 2.45) is 4.99 Å². The van der Waals surface area contributed by atoms with E-state index < -0.39 is 0 Å². The molecule has 130 valence electrons. The molecule has 1 saturated carbocycles. The predicted octanol–water partition coefficient (Wildman–Crippen LogP) is 4.52. The molecule has 0 unspecified atom stereocenters. The number of aliphatic imine (C=N–C) groups is 1. The molecule has 0 aromatic heterocycles. The maximum absolute atomic E-state index is 4.90. The number of rotatable bonds is 3. The molecule has 2 aromatic rings. The summed E-state index contributed by atoms with van der Waals surface area (Å²) in [5.74, 6) is 0.935. The van der Waals surface area contributed by atoms with Gasteiger partial charge in [0.25, 0.3) is 0 Å². The SMILES string of the molecule is c1ccc(NC2=NCN(C3CCCCC3)CN2c2ccccc2)cc1. The third kappa shape index (κ3) is 3.85. The van der Waals surface area contributed by atoms with Crippen LogP contribution in [0.3, 0.4) is 0 Å². The van der Waals surface area contributed by atoms with Crippen LogP contribution in [-0.4, -0.2) is 30.2 Å². The summed E-state index contributed by atoms with van der Waals surface area (Å²) in [6, 6.07) is 21.5. The minimum atomic E-state index is 0.669. The van der Waals surface area contributed by atoms with Crippen LogP contribution in [-0.2, 0) is 0 Å². The second kappa shape index (κ2) is 7.70. The summed E-state index contributed by atoms with van der Waals surface area (Å²) in [5, 5.41) is 3.50. The fraction of sp³-hybridized carbons (Fsp3) is 0.381. The van der Waals surface area contributed by atoms with E-state index in [1.807, 2.05) is 18.2 Å². The number of nitrogens with one attached hydrogen (secondary N) is 1. The fourth-order valence-electron chi connectivity index (χ4n) is 3.78. The molecule has 2 aromatic carbocycles. The maximum atomic E-state index is 4.90. The summed E-state index contributed by atoms with van der Waals surface area (Å²) >= 11 is 0. The summed E-state index contributed by atoms with van der Waals surface area (Å²) in [6.45, 7) is 1.68. The second-order valence-electron chi connectivity index (χ2n) is 6.90. The number of hydrogen-bond acceptors (Lipinski definition) is 4. The van der Waals surface area contributed by atoms with Gasteiger partial charge in [-0.25, -0.2) is 4.99 Å². The van der Waals surface area contributed by atoms with Crippen LogP contribution in [0.15, 0.2) is 65.7 Å². The Bertz CT molecular complexity index is 692. The van der Waals surface area contributed by atoms with Crippen LogP contribution >= 0.6 is 0 Å². The molecular weight excluding hydrogens is 308 g/mol. The molecule has 0 spiro atoms. The minimum Gasteiger partial charge on any atom is -0.326 e. The lowest BCUT2D eigenvalue weighted by Gasteiger charge is -2.41. The van der Waals surface area contributed by atoms with E-state index in [4.69, 9.17) is 4.99 Å². The smallest absolute Gasteiger partial charge is 0.205 e. The van der Waals surface area contributed by atoms with Crippen molar-refractivity contribution in [2.75, 3.05) is 23.6 Å². The minimum absolute atomic E-state index is 0.669. The molecule has 1 heterocycles. The highest BCUT2D eigenvalue weighted by atomic mass is 15.5. The largest absolute Gasteiger partial charge is 0.326 e. The van der Waals surface area contributed by atoms with E-state index >= 15 is 0 Å². The molecular formula is C21H26N4. The van der Waals surface area contributed by atoms with Crippen molar-refractivity contribution in [1.29, 1.82) is 0 Å². The van der Waals surface area contributed by atoms with Crippen molar-refractivity contribution in [3.63, 3.8) is 0 Å². The van der Waals surface area contributed by atoms with Crippen LogP contribution in [0.4, 0.5) is 11.4 Å². The third-order valence-corrected chi connectivity index (χ3v) is 5.17. The molecule has 0 saturated heterocycles. The average Bonchev–Trinajstić information content (AvgIpc) is 2.70. The quantitative estimate of drug-likeness (QED) is 0.895. The Morgan fingerprint density at radius 1 is 0.840 bits per heavy atom. The van der Waals surface area contributed by atoms with Crippen molar-refractivity contribution in [2.45, 2.75) is 38.1 Å². The highest BCUT2D eigenvalue weighted by Crippen LogP contribution is 2.26. The molecule has 1 fully saturated rings. The molecule has 1 aliphatic carbocycles. The van der Waals surface area contributed by atoms with Gasteiger partial charge in [0, 0.05) is 17.4 Å². The Hall–Kier alpha value is -2.33. The van der Waals surface area contributed by atoms with E-state index in [0.717, 1.165) is 25.0 Å². The molecule has 0 amide bonds. The number of nitrogens with zero attached hydrogens (tertiary/aromatic N) is 3. The molecule has 4 rings (SSSR count). The van der Waals surface area contributed by atoms with Gasteiger partial charge in [-0.2, -0.15) is 0 Å². The third-order valence-electron chi connectivity index (χ3n) is 5.17. The van der Waals surface area contributed by atoms with Gasteiger partial charge in [0.15, 0.2) is 0 Å². The highest BCUT2D eigenvalue weighted by Gasteiger charge is 2.28. The molecule has 4 heteroatoms. The molecule has 0 radical (unpaired) electrons. The van der Waals surface area contributed by atoms with E-state index in [9.17, 15) is 0 Å². The van der Waals surface area contributed by atoms with Gasteiger partial charge in [-0.3, -0.25) is 9.80 Å². The van der Waals surface area contributed by atoms with Crippen LogP contribution < -0.4 is 10.2 Å². The van der Waals surface area contributed by atoms with Crippen molar-refractivity contribution in [3.8, 4) is 0 Å². The average molecular weight is 334 g/mol. The lowest BCUT2D eigenvalue weighted by molar-refractivity contribution is 0.159. The van der Waals surface area contributed by atoms with Gasteiger partial charge in [0.1, 0.15) is 0 Å². The first kappa shape index (κ1) is 16.2. The zero-order valence-electron chi connectivity index (χ0n) is 14.6. The van der Waals surface area contributed by atoms with Gasteiger partial charge in [-0.15, -0.1) is 0 Å². The monoisotopic (exact) mass is 334 g/mol. The molecule has 1 aliphatic heterocycles. The Labute approximate surface area is 150 Å². The van der Waals surface area contributed by atoms with Crippen molar-refractivity contribution < 1.29 is 0 Å². The highest BCUT2D eigenvalue weighted by molar-refractivity contribution is 6.05. The molecule has 1 N–H and O–H groups in total. The molecule has 2 aliphatic rings. The Morgan fingerprint density at radius 2 is 1.52 bits per heavy atom. The number of anilines is 2. The molecule has 4 nitrogen and oxygen atoms in total. The number of hydrogen-bond donors (Lipinski definition) is 1. The Balaban J connectivity index is 1.57. The maximum Gasteiger partial charge on any atom is 0.205 e. The summed E-state index contributed by atoms with van der Waals surface area (Å²) in [6.07, 6.45) is 6.70. The number of guanidine groups is 1. The number of para-hydroxylation sites is 2. The van der Waals surface area contributed by atoms with E-state index in [1.165, 1.54) is 37.8 Å². The Kier molecular flexibility index (Phi) is 4.98. The molecule has 25 heavy (non-hydrogen) atoms. The van der Waals surface area contributed by atoms with E-state index in [0.29, 0.717) is 6.04 Å². The van der Waals surface area contributed by atoms with Crippen molar-refractivity contribution in [3.05, 3.63) is 60.7 Å². The van der Waals surface area contributed by atoms with Crippen LogP contribution in [0.5, 0.6) is 0 Å². The van der Waals surface area contributed by atoms with Crippen LogP contribution in [0.25, 0.3) is 0 Å². The van der Waals surface area contributed by atoms with Crippen LogP contribution in [0, 0.1) is 0 Å². The van der Waals surface area contributed by atoms with Gasteiger partial charge in [-0.05, 0) is 37.1 Å².